The molecule has 1 amide bonds. The van der Waals surface area contributed by atoms with E-state index >= 15 is 0 Å². The molecule has 0 radical (unpaired) electrons. The van der Waals surface area contributed by atoms with E-state index in [2.05, 4.69) is 5.32 Å². The number of nitrogens with zero attached hydrogens (tertiary/aromatic N) is 1. The quantitative estimate of drug-likeness (QED) is 0.756. The first kappa shape index (κ1) is 19.8. The van der Waals surface area contributed by atoms with E-state index in [9.17, 15) is 18.7 Å². The number of para-hydroxylation sites is 1. The van der Waals surface area contributed by atoms with Crippen molar-refractivity contribution < 1.29 is 23.4 Å². The van der Waals surface area contributed by atoms with Crippen molar-refractivity contribution in [3.05, 3.63) is 65.7 Å². The van der Waals surface area contributed by atoms with Gasteiger partial charge in [0, 0.05) is 19.2 Å². The number of hydrogen-bond donors (Lipinski definition) is 2. The van der Waals surface area contributed by atoms with Crippen LogP contribution in [0.15, 0.2) is 48.5 Å². The average Bonchev–Trinajstić information content (AvgIpc) is 2.58. The average molecular weight is 364 g/mol. The van der Waals surface area contributed by atoms with E-state index in [1.165, 1.54) is 17.0 Å². The SMILES string of the molecule is CNCC(O)CN(CCc1cc(F)cc(F)c1)C(=O)Oc1ccccc1. The standard InChI is InChI=1S/C19H22F2N2O3/c1-22-12-17(24)13-23(19(25)26-18-5-3-2-4-6-18)8-7-14-9-15(20)11-16(21)10-14/h2-6,9-11,17,22,24H,7-8,12-13H2,1H3. The molecule has 0 saturated heterocycles. The number of aliphatic hydroxyl groups excluding tert-OH is 1. The summed E-state index contributed by atoms with van der Waals surface area (Å²) in [5.74, 6) is -0.968. The first-order chi connectivity index (χ1) is 12.5. The van der Waals surface area contributed by atoms with Crippen LogP contribution in [0.4, 0.5) is 13.6 Å². The number of likely N-dealkylation sites (N-methyl/N-ethyl adjacent to an activating group) is 1. The molecule has 140 valence electrons. The molecule has 0 bridgehead atoms. The van der Waals surface area contributed by atoms with Crippen LogP contribution < -0.4 is 10.1 Å². The minimum absolute atomic E-state index is 0.0320. The van der Waals surface area contributed by atoms with Gasteiger partial charge in [-0.3, -0.25) is 0 Å². The Hall–Kier alpha value is -2.51. The molecule has 0 spiro atoms. The van der Waals surface area contributed by atoms with Gasteiger partial charge < -0.3 is 20.1 Å². The zero-order valence-corrected chi connectivity index (χ0v) is 14.5. The largest absolute Gasteiger partial charge is 0.415 e. The highest BCUT2D eigenvalue weighted by atomic mass is 19.1. The Balaban J connectivity index is 2.05. The minimum Gasteiger partial charge on any atom is -0.410 e. The molecule has 2 rings (SSSR count). The van der Waals surface area contributed by atoms with Gasteiger partial charge in [-0.05, 0) is 43.3 Å². The number of carbonyl (C=O) groups is 1. The Kier molecular flexibility index (Phi) is 7.50. The molecule has 0 aliphatic rings. The monoisotopic (exact) mass is 364 g/mol. The summed E-state index contributed by atoms with van der Waals surface area (Å²) >= 11 is 0. The highest BCUT2D eigenvalue weighted by Gasteiger charge is 2.19. The van der Waals surface area contributed by atoms with Crippen molar-refractivity contribution in [3.63, 3.8) is 0 Å². The lowest BCUT2D eigenvalue weighted by molar-refractivity contribution is 0.101. The zero-order chi connectivity index (χ0) is 18.9. The van der Waals surface area contributed by atoms with Gasteiger partial charge in [0.05, 0.1) is 12.6 Å². The molecule has 0 aromatic heterocycles. The van der Waals surface area contributed by atoms with Crippen LogP contribution in [0.1, 0.15) is 5.56 Å². The van der Waals surface area contributed by atoms with Gasteiger partial charge in [-0.15, -0.1) is 0 Å². The van der Waals surface area contributed by atoms with Gasteiger partial charge in [-0.1, -0.05) is 18.2 Å². The molecular weight excluding hydrogens is 342 g/mol. The van der Waals surface area contributed by atoms with E-state index in [1.54, 1.807) is 37.4 Å². The fraction of sp³-hybridized carbons (Fsp3) is 0.316. The number of carbonyl (C=O) groups excluding carboxylic acids is 1. The topological polar surface area (TPSA) is 61.8 Å². The summed E-state index contributed by atoms with van der Waals surface area (Å²) in [4.78, 5) is 13.7. The van der Waals surface area contributed by atoms with Crippen molar-refractivity contribution in [1.29, 1.82) is 0 Å². The summed E-state index contributed by atoms with van der Waals surface area (Å²) < 4.78 is 31.9. The lowest BCUT2D eigenvalue weighted by Gasteiger charge is -2.24. The highest BCUT2D eigenvalue weighted by molar-refractivity contribution is 5.70. The summed E-state index contributed by atoms with van der Waals surface area (Å²) in [6, 6.07) is 11.8. The highest BCUT2D eigenvalue weighted by Crippen LogP contribution is 2.13. The van der Waals surface area contributed by atoms with Crippen LogP contribution in [-0.2, 0) is 6.42 Å². The summed E-state index contributed by atoms with van der Waals surface area (Å²) in [7, 11) is 1.69. The molecule has 0 aliphatic heterocycles. The fourth-order valence-electron chi connectivity index (χ4n) is 2.48. The molecule has 1 atom stereocenters. The van der Waals surface area contributed by atoms with Crippen molar-refractivity contribution in [2.45, 2.75) is 12.5 Å². The Morgan fingerprint density at radius 2 is 1.85 bits per heavy atom. The molecule has 0 saturated carbocycles. The number of ether oxygens (including phenoxy) is 1. The van der Waals surface area contributed by atoms with Gasteiger partial charge in [0.1, 0.15) is 17.4 Å². The van der Waals surface area contributed by atoms with Crippen molar-refractivity contribution >= 4 is 6.09 Å². The third-order valence-electron chi connectivity index (χ3n) is 3.67. The second-order valence-corrected chi connectivity index (χ2v) is 5.87. The first-order valence-corrected chi connectivity index (χ1v) is 8.27. The van der Waals surface area contributed by atoms with Crippen LogP contribution in [0, 0.1) is 11.6 Å². The second kappa shape index (κ2) is 9.84. The maximum atomic E-state index is 13.3. The minimum atomic E-state index is -0.799. The zero-order valence-electron chi connectivity index (χ0n) is 14.5. The van der Waals surface area contributed by atoms with Gasteiger partial charge in [0.15, 0.2) is 0 Å². The maximum absolute atomic E-state index is 13.3. The van der Waals surface area contributed by atoms with Crippen LogP contribution in [-0.4, -0.2) is 48.9 Å². The molecular formula is C19H22F2N2O3. The summed E-state index contributed by atoms with van der Waals surface area (Å²) in [6.45, 7) is 0.476. The van der Waals surface area contributed by atoms with E-state index < -0.39 is 23.8 Å². The third kappa shape index (κ3) is 6.42. The molecule has 0 fully saturated rings. The van der Waals surface area contributed by atoms with Gasteiger partial charge >= 0.3 is 6.09 Å². The molecule has 0 heterocycles. The molecule has 2 N–H and O–H groups in total. The number of benzene rings is 2. The van der Waals surface area contributed by atoms with E-state index in [4.69, 9.17) is 4.74 Å². The summed E-state index contributed by atoms with van der Waals surface area (Å²) in [6.07, 6.45) is -1.21. The Bertz CT molecular complexity index is 693. The van der Waals surface area contributed by atoms with Crippen LogP contribution >= 0.6 is 0 Å². The summed E-state index contributed by atoms with van der Waals surface area (Å²) in [5, 5.41) is 12.8. The number of aliphatic hydroxyl groups is 1. The van der Waals surface area contributed by atoms with Gasteiger partial charge in [-0.25, -0.2) is 13.6 Å². The normalized spacial score (nSPS) is 11.8. The number of nitrogens with one attached hydrogen (secondary N) is 1. The second-order valence-electron chi connectivity index (χ2n) is 5.87. The van der Waals surface area contributed by atoms with E-state index in [0.717, 1.165) is 6.07 Å². The number of amides is 1. The van der Waals surface area contributed by atoms with Gasteiger partial charge in [-0.2, -0.15) is 0 Å². The molecule has 2 aromatic rings. The van der Waals surface area contributed by atoms with Gasteiger partial charge in [0.2, 0.25) is 0 Å². The van der Waals surface area contributed by atoms with Crippen LogP contribution in [0.2, 0.25) is 0 Å². The van der Waals surface area contributed by atoms with Crippen LogP contribution in [0.25, 0.3) is 0 Å². The Morgan fingerprint density at radius 1 is 1.19 bits per heavy atom. The molecule has 7 heteroatoms. The molecule has 2 aromatic carbocycles. The van der Waals surface area contributed by atoms with Crippen LogP contribution in [0.5, 0.6) is 5.75 Å². The predicted octanol–water partition coefficient (Wildman–Crippen LogP) is 2.59. The first-order valence-electron chi connectivity index (χ1n) is 8.27. The maximum Gasteiger partial charge on any atom is 0.415 e. The smallest absolute Gasteiger partial charge is 0.410 e. The van der Waals surface area contributed by atoms with Crippen molar-refractivity contribution in [3.8, 4) is 5.75 Å². The van der Waals surface area contributed by atoms with Crippen molar-refractivity contribution in [2.24, 2.45) is 0 Å². The van der Waals surface area contributed by atoms with E-state index in [-0.39, 0.29) is 19.5 Å². The lowest BCUT2D eigenvalue weighted by atomic mass is 10.1. The van der Waals surface area contributed by atoms with E-state index in [1.807, 2.05) is 0 Å². The molecule has 1 unspecified atom stereocenters. The number of halogens is 2. The lowest BCUT2D eigenvalue weighted by Crippen LogP contribution is -2.43. The number of rotatable bonds is 8. The molecule has 5 nitrogen and oxygen atoms in total. The van der Waals surface area contributed by atoms with Crippen molar-refractivity contribution in [2.75, 3.05) is 26.7 Å². The third-order valence-corrected chi connectivity index (χ3v) is 3.67. The number of hydrogen-bond acceptors (Lipinski definition) is 4. The predicted molar refractivity (Wildman–Crippen MR) is 94.0 cm³/mol. The molecule has 0 aliphatic carbocycles. The van der Waals surface area contributed by atoms with Crippen LogP contribution in [0.3, 0.4) is 0 Å². The molecule has 26 heavy (non-hydrogen) atoms. The van der Waals surface area contributed by atoms with E-state index in [0.29, 0.717) is 17.9 Å². The fourth-order valence-corrected chi connectivity index (χ4v) is 2.48. The summed E-state index contributed by atoms with van der Waals surface area (Å²) in [5.41, 5.74) is 0.420. The Morgan fingerprint density at radius 3 is 2.46 bits per heavy atom. The van der Waals surface area contributed by atoms with Gasteiger partial charge in [0.25, 0.3) is 0 Å². The Labute approximate surface area is 151 Å². The van der Waals surface area contributed by atoms with Crippen molar-refractivity contribution in [1.82, 2.24) is 10.2 Å².